The number of carbonyl (C=O) groups excluding carboxylic acids is 2. The van der Waals surface area contributed by atoms with Crippen LogP contribution >= 0.6 is 0 Å². The van der Waals surface area contributed by atoms with E-state index >= 15 is 0 Å². The van der Waals surface area contributed by atoms with Gasteiger partial charge in [0.1, 0.15) is 0 Å². The predicted molar refractivity (Wildman–Crippen MR) is 90.8 cm³/mol. The fourth-order valence-corrected chi connectivity index (χ4v) is 2.48. The number of esters is 1. The van der Waals surface area contributed by atoms with Crippen LogP contribution in [0.25, 0.3) is 11.0 Å². The van der Waals surface area contributed by atoms with Crippen LogP contribution in [0.4, 0.5) is 5.69 Å². The summed E-state index contributed by atoms with van der Waals surface area (Å²) in [4.78, 5) is 27.9. The largest absolute Gasteiger partial charge is 0.465 e. The van der Waals surface area contributed by atoms with Crippen LogP contribution in [-0.2, 0) is 16.1 Å². The number of aryl methyl sites for hydroxylation is 1. The molecule has 1 heterocycles. The zero-order valence-corrected chi connectivity index (χ0v) is 13.2. The molecule has 0 radical (unpaired) electrons. The molecule has 1 amide bonds. The zero-order valence-electron chi connectivity index (χ0n) is 13.2. The Balaban J connectivity index is 1.63. The molecule has 1 N–H and O–H groups in total. The summed E-state index contributed by atoms with van der Waals surface area (Å²) >= 11 is 0. The number of hydrogen-bond acceptors (Lipinski definition) is 4. The summed E-state index contributed by atoms with van der Waals surface area (Å²) in [7, 11) is 1.32. The highest BCUT2D eigenvalue weighted by Gasteiger charge is 2.09. The Kier molecular flexibility index (Phi) is 4.56. The topological polar surface area (TPSA) is 73.2 Å². The number of nitrogens with zero attached hydrogens (tertiary/aromatic N) is 2. The van der Waals surface area contributed by atoms with Crippen molar-refractivity contribution in [1.82, 2.24) is 9.55 Å². The summed E-state index contributed by atoms with van der Waals surface area (Å²) in [6.07, 6.45) is 2.04. The van der Waals surface area contributed by atoms with Crippen molar-refractivity contribution in [3.63, 3.8) is 0 Å². The summed E-state index contributed by atoms with van der Waals surface area (Å²) in [5.74, 6) is -0.564. The number of benzene rings is 2. The first-order chi connectivity index (χ1) is 11.7. The van der Waals surface area contributed by atoms with Gasteiger partial charge in [0.15, 0.2) is 0 Å². The van der Waals surface area contributed by atoms with Crippen molar-refractivity contribution >= 4 is 28.6 Å². The van der Waals surface area contributed by atoms with E-state index < -0.39 is 5.97 Å². The lowest BCUT2D eigenvalue weighted by Crippen LogP contribution is -2.14. The second-order valence-corrected chi connectivity index (χ2v) is 5.30. The molecule has 122 valence electrons. The first-order valence-electron chi connectivity index (χ1n) is 7.55. The number of aromatic nitrogens is 2. The van der Waals surface area contributed by atoms with Crippen molar-refractivity contribution < 1.29 is 14.3 Å². The molecular formula is C18H17N3O3. The maximum atomic E-state index is 12.1. The quantitative estimate of drug-likeness (QED) is 0.733. The molecule has 0 aliphatic rings. The normalized spacial score (nSPS) is 10.5. The highest BCUT2D eigenvalue weighted by molar-refractivity contribution is 5.94. The van der Waals surface area contributed by atoms with E-state index in [-0.39, 0.29) is 5.91 Å². The van der Waals surface area contributed by atoms with Crippen LogP contribution in [0, 0.1) is 0 Å². The van der Waals surface area contributed by atoms with Gasteiger partial charge >= 0.3 is 5.97 Å². The molecule has 6 nitrogen and oxygen atoms in total. The number of ether oxygens (including phenoxy) is 1. The smallest absolute Gasteiger partial charge is 0.337 e. The van der Waals surface area contributed by atoms with Crippen LogP contribution in [0.2, 0.25) is 0 Å². The van der Waals surface area contributed by atoms with Crippen LogP contribution in [0.5, 0.6) is 0 Å². The lowest BCUT2D eigenvalue weighted by Gasteiger charge is -2.08. The number of para-hydroxylation sites is 2. The number of fused-ring (bicyclic) bond motifs is 1. The van der Waals surface area contributed by atoms with Crippen LogP contribution in [0.3, 0.4) is 0 Å². The Hall–Kier alpha value is -3.15. The minimum Gasteiger partial charge on any atom is -0.465 e. The maximum Gasteiger partial charge on any atom is 0.337 e. The van der Waals surface area contributed by atoms with Gasteiger partial charge in [-0.3, -0.25) is 4.79 Å². The van der Waals surface area contributed by atoms with Gasteiger partial charge in [-0.15, -0.1) is 0 Å². The van der Waals surface area contributed by atoms with Crippen LogP contribution in [0.15, 0.2) is 54.9 Å². The lowest BCUT2D eigenvalue weighted by molar-refractivity contribution is -0.116. The average molecular weight is 323 g/mol. The van der Waals surface area contributed by atoms with Gasteiger partial charge in [0.2, 0.25) is 5.91 Å². The molecule has 0 saturated carbocycles. The standard InChI is InChI=1S/C18H17N3O3/c1-24-18(23)13-5-4-6-14(11-13)20-17(22)9-10-21-12-19-15-7-2-3-8-16(15)21/h2-8,11-12H,9-10H2,1H3,(H,20,22). The Morgan fingerprint density at radius 1 is 1.17 bits per heavy atom. The van der Waals surface area contributed by atoms with E-state index in [1.54, 1.807) is 30.6 Å². The monoisotopic (exact) mass is 323 g/mol. The van der Waals surface area contributed by atoms with Gasteiger partial charge in [0.25, 0.3) is 0 Å². The van der Waals surface area contributed by atoms with E-state index in [4.69, 9.17) is 0 Å². The second kappa shape index (κ2) is 6.95. The van der Waals surface area contributed by atoms with Crippen molar-refractivity contribution in [2.75, 3.05) is 12.4 Å². The number of carbonyl (C=O) groups is 2. The van der Waals surface area contributed by atoms with Crippen molar-refractivity contribution in [1.29, 1.82) is 0 Å². The Morgan fingerprint density at radius 2 is 2.00 bits per heavy atom. The number of hydrogen-bond donors (Lipinski definition) is 1. The third-order valence-electron chi connectivity index (χ3n) is 3.67. The third kappa shape index (κ3) is 3.43. The molecule has 0 saturated heterocycles. The van der Waals surface area contributed by atoms with Gasteiger partial charge in [-0.25, -0.2) is 9.78 Å². The van der Waals surface area contributed by atoms with E-state index in [1.807, 2.05) is 28.8 Å². The molecule has 6 heteroatoms. The molecule has 0 atom stereocenters. The second-order valence-electron chi connectivity index (χ2n) is 5.30. The Labute approximate surface area is 139 Å². The first-order valence-corrected chi connectivity index (χ1v) is 7.55. The van der Waals surface area contributed by atoms with Gasteiger partial charge in [-0.1, -0.05) is 18.2 Å². The lowest BCUT2D eigenvalue weighted by atomic mass is 10.2. The predicted octanol–water partition coefficient (Wildman–Crippen LogP) is 2.85. The van der Waals surface area contributed by atoms with Crippen LogP contribution in [0.1, 0.15) is 16.8 Å². The van der Waals surface area contributed by atoms with E-state index in [0.29, 0.717) is 24.2 Å². The van der Waals surface area contributed by atoms with E-state index in [2.05, 4.69) is 15.0 Å². The van der Waals surface area contributed by atoms with Crippen molar-refractivity contribution in [3.05, 3.63) is 60.4 Å². The molecule has 0 bridgehead atoms. The van der Waals surface area contributed by atoms with Gasteiger partial charge in [-0.2, -0.15) is 0 Å². The van der Waals surface area contributed by atoms with E-state index in [0.717, 1.165) is 11.0 Å². The number of nitrogens with one attached hydrogen (secondary N) is 1. The van der Waals surface area contributed by atoms with Crippen molar-refractivity contribution in [2.45, 2.75) is 13.0 Å². The van der Waals surface area contributed by atoms with E-state index in [1.165, 1.54) is 7.11 Å². The van der Waals surface area contributed by atoms with Gasteiger partial charge in [-0.05, 0) is 30.3 Å². The van der Waals surface area contributed by atoms with E-state index in [9.17, 15) is 9.59 Å². The third-order valence-corrected chi connectivity index (χ3v) is 3.67. The molecule has 0 unspecified atom stereocenters. The summed E-state index contributed by atoms with van der Waals surface area (Å²) in [6, 6.07) is 14.4. The number of anilines is 1. The minimum absolute atomic E-state index is 0.130. The molecule has 24 heavy (non-hydrogen) atoms. The fraction of sp³-hybridized carbons (Fsp3) is 0.167. The van der Waals surface area contributed by atoms with Gasteiger partial charge in [0.05, 0.1) is 30.0 Å². The molecule has 0 spiro atoms. The van der Waals surface area contributed by atoms with Crippen molar-refractivity contribution in [3.8, 4) is 0 Å². The number of amides is 1. The molecule has 0 aliphatic heterocycles. The summed E-state index contributed by atoms with van der Waals surface area (Å²) < 4.78 is 6.62. The summed E-state index contributed by atoms with van der Waals surface area (Å²) in [5, 5.41) is 2.79. The summed E-state index contributed by atoms with van der Waals surface area (Å²) in [6.45, 7) is 0.531. The molecule has 1 aromatic heterocycles. The van der Waals surface area contributed by atoms with Crippen LogP contribution < -0.4 is 5.32 Å². The van der Waals surface area contributed by atoms with Gasteiger partial charge in [0, 0.05) is 18.7 Å². The van der Waals surface area contributed by atoms with Crippen LogP contribution in [-0.4, -0.2) is 28.5 Å². The first kappa shape index (κ1) is 15.7. The molecular weight excluding hydrogens is 306 g/mol. The molecule has 3 rings (SSSR count). The minimum atomic E-state index is -0.434. The Bertz CT molecular complexity index is 886. The maximum absolute atomic E-state index is 12.1. The SMILES string of the molecule is COC(=O)c1cccc(NC(=O)CCn2cnc3ccccc32)c1. The Morgan fingerprint density at radius 3 is 2.83 bits per heavy atom. The number of imidazole rings is 1. The fourth-order valence-electron chi connectivity index (χ4n) is 2.48. The molecule has 0 aliphatic carbocycles. The molecule has 2 aromatic carbocycles. The highest BCUT2D eigenvalue weighted by atomic mass is 16.5. The zero-order chi connectivity index (χ0) is 16.9. The van der Waals surface area contributed by atoms with Gasteiger partial charge < -0.3 is 14.6 Å². The van der Waals surface area contributed by atoms with Crippen molar-refractivity contribution in [2.24, 2.45) is 0 Å². The molecule has 3 aromatic rings. The summed E-state index contributed by atoms with van der Waals surface area (Å²) in [5.41, 5.74) is 2.87. The molecule has 0 fully saturated rings. The highest BCUT2D eigenvalue weighted by Crippen LogP contribution is 2.14. The number of methoxy groups -OCH3 is 1. The average Bonchev–Trinajstić information content (AvgIpc) is 3.03. The number of rotatable bonds is 5.